The van der Waals surface area contributed by atoms with Crippen LogP contribution in [0.15, 0.2) is 176 Å². The summed E-state index contributed by atoms with van der Waals surface area (Å²) in [5.41, 5.74) is 10.5. The summed E-state index contributed by atoms with van der Waals surface area (Å²) in [5.74, 6) is 1.77. The lowest BCUT2D eigenvalue weighted by atomic mass is 9.63. The highest BCUT2D eigenvalue weighted by Crippen LogP contribution is 2.55. The van der Waals surface area contributed by atoms with E-state index >= 15 is 0 Å². The van der Waals surface area contributed by atoms with Crippen LogP contribution in [0.4, 0.5) is 0 Å². The molecule has 2 heteroatoms. The van der Waals surface area contributed by atoms with Gasteiger partial charge in [0.15, 0.2) is 0 Å². The highest BCUT2D eigenvalue weighted by atomic mass is 16.5. The summed E-state index contributed by atoms with van der Waals surface area (Å²) in [4.78, 5) is 5.08. The number of aromatic nitrogens is 1. The molecule has 7 aromatic rings. The minimum Gasteiger partial charge on any atom is -0.457 e. The Morgan fingerprint density at radius 1 is 0.364 bits per heavy atom. The van der Waals surface area contributed by atoms with E-state index in [1.54, 1.807) is 0 Å². The van der Waals surface area contributed by atoms with E-state index in [0.29, 0.717) is 0 Å². The van der Waals surface area contributed by atoms with Crippen LogP contribution in [0.3, 0.4) is 0 Å². The van der Waals surface area contributed by atoms with Crippen molar-refractivity contribution in [2.45, 2.75) is 5.41 Å². The van der Waals surface area contributed by atoms with Gasteiger partial charge in [0, 0.05) is 22.3 Å². The fraction of sp³-hybridized carbons (Fsp3) is 0.0238. The Morgan fingerprint density at radius 3 is 1.32 bits per heavy atom. The van der Waals surface area contributed by atoms with E-state index in [2.05, 4.69) is 152 Å². The molecule has 0 aliphatic carbocycles. The third kappa shape index (κ3) is 4.31. The Kier molecular flexibility index (Phi) is 6.39. The monoisotopic (exact) mass is 563 g/mol. The number of fused-ring (bicyclic) bond motifs is 2. The van der Waals surface area contributed by atoms with Crippen LogP contribution >= 0.6 is 0 Å². The lowest BCUT2D eigenvalue weighted by Crippen LogP contribution is -2.34. The zero-order valence-electron chi connectivity index (χ0n) is 24.1. The van der Waals surface area contributed by atoms with Crippen LogP contribution in [0.1, 0.15) is 22.3 Å². The Balaban J connectivity index is 1.32. The minimum absolute atomic E-state index is 0.534. The van der Waals surface area contributed by atoms with Gasteiger partial charge in [-0.2, -0.15) is 0 Å². The van der Waals surface area contributed by atoms with Crippen LogP contribution in [0, 0.1) is 0 Å². The quantitative estimate of drug-likeness (QED) is 0.208. The zero-order chi connectivity index (χ0) is 29.3. The molecule has 2 heterocycles. The molecule has 0 N–H and O–H groups in total. The number of rotatable bonds is 5. The molecule has 0 fully saturated rings. The first kappa shape index (κ1) is 25.9. The molecular weight excluding hydrogens is 534 g/mol. The largest absolute Gasteiger partial charge is 0.457 e. The van der Waals surface area contributed by atoms with Gasteiger partial charge in [0.2, 0.25) is 0 Å². The van der Waals surface area contributed by atoms with Crippen molar-refractivity contribution in [2.24, 2.45) is 0 Å². The van der Waals surface area contributed by atoms with Gasteiger partial charge < -0.3 is 4.74 Å². The van der Waals surface area contributed by atoms with Gasteiger partial charge in [0.25, 0.3) is 0 Å². The molecule has 0 spiro atoms. The normalized spacial score (nSPS) is 12.9. The topological polar surface area (TPSA) is 22.1 Å². The maximum Gasteiger partial charge on any atom is 0.132 e. The van der Waals surface area contributed by atoms with Crippen LogP contribution in [0.5, 0.6) is 11.5 Å². The number of hydrogen-bond donors (Lipinski definition) is 0. The van der Waals surface area contributed by atoms with Gasteiger partial charge in [-0.1, -0.05) is 152 Å². The Hall–Kier alpha value is -5.73. The molecule has 6 aromatic carbocycles. The SMILES string of the molecule is c1ccc(-c2cc(-c3ccc(C4(c5ccccc5)c5ccccc5Oc5ccccc54)cc3)cc(-c3ccccc3)n2)cc1. The number of ether oxygens (including phenoxy) is 1. The van der Waals surface area contributed by atoms with Gasteiger partial charge in [0.1, 0.15) is 11.5 Å². The smallest absolute Gasteiger partial charge is 0.132 e. The highest BCUT2D eigenvalue weighted by molar-refractivity contribution is 5.77. The summed E-state index contributed by atoms with van der Waals surface area (Å²) in [6, 6.07) is 61.9. The number of nitrogens with zero attached hydrogens (tertiary/aromatic N) is 1. The average Bonchev–Trinajstić information content (AvgIpc) is 3.11. The molecule has 0 atom stereocenters. The Bertz CT molecular complexity index is 1960. The number of hydrogen-bond acceptors (Lipinski definition) is 2. The Morgan fingerprint density at radius 2 is 0.795 bits per heavy atom. The molecule has 0 radical (unpaired) electrons. The number of para-hydroxylation sites is 2. The second kappa shape index (κ2) is 10.8. The summed E-state index contributed by atoms with van der Waals surface area (Å²) in [6.07, 6.45) is 0. The van der Waals surface area contributed by atoms with Gasteiger partial charge in [-0.05, 0) is 46.5 Å². The maximum absolute atomic E-state index is 6.47. The van der Waals surface area contributed by atoms with Crippen molar-refractivity contribution < 1.29 is 4.74 Å². The first-order valence-electron chi connectivity index (χ1n) is 15.0. The third-order valence-corrected chi connectivity index (χ3v) is 8.62. The van der Waals surface area contributed by atoms with E-state index in [1.165, 1.54) is 11.1 Å². The standard InChI is InChI=1S/C42H29NO/c1-4-14-31(15-5-1)38-28-33(29-39(43-38)32-16-6-2-7-17-32)30-24-26-35(27-25-30)42(34-18-8-3-9-19-34)36-20-10-12-22-40(36)44-41-23-13-11-21-37(41)42/h1-29H. The van der Waals surface area contributed by atoms with E-state index < -0.39 is 5.41 Å². The van der Waals surface area contributed by atoms with Crippen molar-refractivity contribution in [3.8, 4) is 45.1 Å². The lowest BCUT2D eigenvalue weighted by Gasteiger charge is -2.41. The predicted molar refractivity (Wildman–Crippen MR) is 179 cm³/mol. The van der Waals surface area contributed by atoms with Crippen molar-refractivity contribution in [1.29, 1.82) is 0 Å². The number of pyridine rings is 1. The summed E-state index contributed by atoms with van der Waals surface area (Å²) in [7, 11) is 0. The molecule has 0 saturated carbocycles. The van der Waals surface area contributed by atoms with Gasteiger partial charge in [0.05, 0.1) is 16.8 Å². The van der Waals surface area contributed by atoms with Crippen LogP contribution in [0.25, 0.3) is 33.6 Å². The van der Waals surface area contributed by atoms with Crippen LogP contribution in [0.2, 0.25) is 0 Å². The van der Waals surface area contributed by atoms with E-state index in [-0.39, 0.29) is 0 Å². The second-order valence-corrected chi connectivity index (χ2v) is 11.1. The predicted octanol–water partition coefficient (Wildman–Crippen LogP) is 10.6. The van der Waals surface area contributed by atoms with Crippen LogP contribution in [-0.4, -0.2) is 4.98 Å². The van der Waals surface area contributed by atoms with Crippen LogP contribution in [-0.2, 0) is 5.41 Å². The summed E-state index contributed by atoms with van der Waals surface area (Å²) in [6.45, 7) is 0. The third-order valence-electron chi connectivity index (χ3n) is 8.62. The minimum atomic E-state index is -0.534. The molecule has 8 rings (SSSR count). The molecule has 2 nitrogen and oxygen atoms in total. The van der Waals surface area contributed by atoms with Gasteiger partial charge in [-0.3, -0.25) is 0 Å². The first-order chi connectivity index (χ1) is 21.8. The molecule has 0 amide bonds. The van der Waals surface area contributed by atoms with Crippen molar-refractivity contribution in [3.63, 3.8) is 0 Å². The van der Waals surface area contributed by atoms with E-state index in [4.69, 9.17) is 9.72 Å². The van der Waals surface area contributed by atoms with Crippen molar-refractivity contribution in [3.05, 3.63) is 198 Å². The van der Waals surface area contributed by atoms with Crippen molar-refractivity contribution in [2.75, 3.05) is 0 Å². The molecule has 1 aliphatic heterocycles. The maximum atomic E-state index is 6.47. The van der Waals surface area contributed by atoms with E-state index in [9.17, 15) is 0 Å². The second-order valence-electron chi connectivity index (χ2n) is 11.1. The molecule has 44 heavy (non-hydrogen) atoms. The highest BCUT2D eigenvalue weighted by Gasteiger charge is 2.45. The Labute approximate surface area is 257 Å². The van der Waals surface area contributed by atoms with Crippen molar-refractivity contribution >= 4 is 0 Å². The zero-order valence-corrected chi connectivity index (χ0v) is 24.1. The molecule has 1 aromatic heterocycles. The van der Waals surface area contributed by atoms with Crippen molar-refractivity contribution in [1.82, 2.24) is 4.98 Å². The lowest BCUT2D eigenvalue weighted by molar-refractivity contribution is 0.434. The van der Waals surface area contributed by atoms with Crippen LogP contribution < -0.4 is 4.74 Å². The molecule has 208 valence electrons. The molecular formula is C42H29NO. The average molecular weight is 564 g/mol. The number of benzene rings is 6. The molecule has 1 aliphatic rings. The summed E-state index contributed by atoms with van der Waals surface area (Å²) >= 11 is 0. The van der Waals surface area contributed by atoms with Gasteiger partial charge in [-0.25, -0.2) is 4.98 Å². The summed E-state index contributed by atoms with van der Waals surface area (Å²) < 4.78 is 6.47. The van der Waals surface area contributed by atoms with E-state index in [1.807, 2.05) is 24.3 Å². The fourth-order valence-corrected chi connectivity index (χ4v) is 6.59. The van der Waals surface area contributed by atoms with Gasteiger partial charge in [-0.15, -0.1) is 0 Å². The van der Waals surface area contributed by atoms with E-state index in [0.717, 1.165) is 56.3 Å². The fourth-order valence-electron chi connectivity index (χ4n) is 6.59. The summed E-state index contributed by atoms with van der Waals surface area (Å²) in [5, 5.41) is 0. The molecule has 0 bridgehead atoms. The van der Waals surface area contributed by atoms with Gasteiger partial charge >= 0.3 is 0 Å². The molecule has 0 saturated heterocycles. The first-order valence-corrected chi connectivity index (χ1v) is 15.0. The molecule has 0 unspecified atom stereocenters.